The van der Waals surface area contributed by atoms with Crippen molar-refractivity contribution >= 4 is 27.9 Å². The first kappa shape index (κ1) is 32.1. The van der Waals surface area contributed by atoms with E-state index in [4.69, 9.17) is 19.8 Å². The summed E-state index contributed by atoms with van der Waals surface area (Å²) in [6.07, 6.45) is -4.74. The van der Waals surface area contributed by atoms with Gasteiger partial charge in [-0.3, -0.25) is 9.69 Å². The van der Waals surface area contributed by atoms with Gasteiger partial charge in [0.05, 0.1) is 12.8 Å². The minimum absolute atomic E-state index is 0.132. The molecule has 2 saturated heterocycles. The lowest BCUT2D eigenvalue weighted by atomic mass is 10.0. The SMILES string of the molecule is CNC(=O)[C@H]1C[C@@H]2CN(Cc3nccn3C)C[C@@H]2N1S(C)(=O)=O.O=C(O)C(F)(F)F.O=C(O)C(F)(F)F. The maximum atomic E-state index is 12.2. The number of nitrogens with zero attached hydrogens (tertiary/aromatic N) is 4. The zero-order valence-corrected chi connectivity index (χ0v) is 20.4. The van der Waals surface area contributed by atoms with Crippen LogP contribution in [0.15, 0.2) is 12.4 Å². The molecule has 1 amide bonds. The molecule has 2 aliphatic rings. The summed E-state index contributed by atoms with van der Waals surface area (Å²) in [5.74, 6) is -4.59. The molecular formula is C18H25F6N5O7S. The van der Waals surface area contributed by atoms with Gasteiger partial charge in [-0.2, -0.15) is 30.6 Å². The van der Waals surface area contributed by atoms with Crippen LogP contribution in [-0.4, -0.2) is 106 Å². The van der Waals surface area contributed by atoms with Crippen molar-refractivity contribution in [3.8, 4) is 0 Å². The molecule has 0 aromatic carbocycles. The molecule has 212 valence electrons. The predicted molar refractivity (Wildman–Crippen MR) is 112 cm³/mol. The number of likely N-dealkylation sites (tertiary alicyclic amines) is 1. The molecule has 0 aliphatic carbocycles. The summed E-state index contributed by atoms with van der Waals surface area (Å²) in [5.41, 5.74) is 0. The van der Waals surface area contributed by atoms with Crippen LogP contribution in [0.2, 0.25) is 0 Å². The van der Waals surface area contributed by atoms with Crippen LogP contribution in [0.25, 0.3) is 0 Å². The summed E-state index contributed by atoms with van der Waals surface area (Å²) in [6, 6.07) is -0.715. The van der Waals surface area contributed by atoms with Gasteiger partial charge in [0, 0.05) is 45.6 Å². The minimum Gasteiger partial charge on any atom is -0.475 e. The number of rotatable bonds is 4. The van der Waals surface area contributed by atoms with Gasteiger partial charge in [-0.25, -0.2) is 23.0 Å². The fraction of sp³-hybridized carbons (Fsp3) is 0.667. The summed E-state index contributed by atoms with van der Waals surface area (Å²) < 4.78 is 91.2. The second kappa shape index (κ2) is 12.1. The van der Waals surface area contributed by atoms with Crippen molar-refractivity contribution in [3.05, 3.63) is 18.2 Å². The van der Waals surface area contributed by atoms with Gasteiger partial charge in [0.2, 0.25) is 15.9 Å². The third-order valence-corrected chi connectivity index (χ3v) is 6.64. The Labute approximate surface area is 206 Å². The van der Waals surface area contributed by atoms with Crippen molar-refractivity contribution < 1.29 is 59.4 Å². The number of carboxylic acid groups (broad SMARTS) is 2. The quantitative estimate of drug-likeness (QED) is 0.432. The first-order valence-corrected chi connectivity index (χ1v) is 12.0. The maximum absolute atomic E-state index is 12.2. The number of halogens is 6. The smallest absolute Gasteiger partial charge is 0.475 e. The van der Waals surface area contributed by atoms with Gasteiger partial charge < -0.3 is 20.1 Å². The van der Waals surface area contributed by atoms with Crippen LogP contribution in [-0.2, 0) is 38.0 Å². The summed E-state index contributed by atoms with van der Waals surface area (Å²) >= 11 is 0. The average Bonchev–Trinajstić information content (AvgIpc) is 3.40. The van der Waals surface area contributed by atoms with E-state index >= 15 is 0 Å². The standard InChI is InChI=1S/C14H23N5O3S.2C2HF3O2/c1-15-14(20)11-6-10-7-18(9-13-16-4-5-17(13)2)8-12(10)19(11)23(3,21)22;2*3-2(4,5)1(6)7/h4-5,10-12H,6-9H2,1-3H3,(H,15,20);2*(H,6,7)/t10-,11-,12+;;/m1../s1. The number of hydrogen-bond donors (Lipinski definition) is 3. The number of aryl methyl sites for hydroxylation is 1. The van der Waals surface area contributed by atoms with E-state index in [0.717, 1.165) is 12.4 Å². The van der Waals surface area contributed by atoms with Crippen molar-refractivity contribution in [1.29, 1.82) is 0 Å². The Balaban J connectivity index is 0.000000404. The van der Waals surface area contributed by atoms with Crippen LogP contribution in [0.1, 0.15) is 12.2 Å². The zero-order valence-electron chi connectivity index (χ0n) is 19.6. The van der Waals surface area contributed by atoms with E-state index in [9.17, 15) is 39.6 Å². The number of alkyl halides is 6. The molecule has 0 unspecified atom stereocenters. The lowest BCUT2D eigenvalue weighted by molar-refractivity contribution is -0.193. The van der Waals surface area contributed by atoms with Crippen LogP contribution in [0.4, 0.5) is 26.3 Å². The Morgan fingerprint density at radius 1 is 1.08 bits per heavy atom. The summed E-state index contributed by atoms with van der Waals surface area (Å²) in [7, 11) is 0.0643. The van der Waals surface area contributed by atoms with Crippen LogP contribution < -0.4 is 5.32 Å². The number of hydrogen-bond acceptors (Lipinski definition) is 7. The van der Waals surface area contributed by atoms with Gasteiger partial charge in [-0.15, -0.1) is 0 Å². The molecule has 37 heavy (non-hydrogen) atoms. The molecule has 1 aromatic rings. The third kappa shape index (κ3) is 9.15. The molecular weight excluding hydrogens is 544 g/mol. The largest absolute Gasteiger partial charge is 0.490 e. The van der Waals surface area contributed by atoms with Crippen molar-refractivity contribution in [2.45, 2.75) is 37.4 Å². The highest BCUT2D eigenvalue weighted by Crippen LogP contribution is 2.37. The maximum Gasteiger partial charge on any atom is 0.490 e. The minimum atomic E-state index is -5.08. The molecule has 2 fully saturated rings. The number of amides is 1. The Kier molecular flexibility index (Phi) is 10.5. The number of aromatic nitrogens is 2. The first-order chi connectivity index (χ1) is 16.7. The number of sulfonamides is 1. The van der Waals surface area contributed by atoms with E-state index in [1.807, 2.05) is 17.8 Å². The lowest BCUT2D eigenvalue weighted by Gasteiger charge is -2.27. The number of imidazole rings is 1. The van der Waals surface area contributed by atoms with Crippen LogP contribution in [0.3, 0.4) is 0 Å². The summed E-state index contributed by atoms with van der Waals surface area (Å²) in [5, 5.41) is 16.8. The van der Waals surface area contributed by atoms with Gasteiger partial charge in [0.1, 0.15) is 11.9 Å². The van der Waals surface area contributed by atoms with Gasteiger partial charge in [-0.05, 0) is 12.3 Å². The summed E-state index contributed by atoms with van der Waals surface area (Å²) in [4.78, 5) is 36.4. The monoisotopic (exact) mass is 569 g/mol. The molecule has 3 heterocycles. The molecule has 2 aliphatic heterocycles. The molecule has 0 bridgehead atoms. The van der Waals surface area contributed by atoms with Gasteiger partial charge in [0.15, 0.2) is 0 Å². The number of carboxylic acids is 2. The highest BCUT2D eigenvalue weighted by Gasteiger charge is 2.52. The number of fused-ring (bicyclic) bond motifs is 1. The molecule has 3 rings (SSSR count). The molecule has 19 heteroatoms. The number of carbonyl (C=O) groups excluding carboxylic acids is 1. The van der Waals surface area contributed by atoms with Crippen molar-refractivity contribution in [2.24, 2.45) is 13.0 Å². The molecule has 3 N–H and O–H groups in total. The van der Waals surface area contributed by atoms with E-state index < -0.39 is 40.4 Å². The number of aliphatic carboxylic acids is 2. The summed E-state index contributed by atoms with van der Waals surface area (Å²) in [6.45, 7) is 2.12. The topological polar surface area (TPSA) is 162 Å². The predicted octanol–water partition coefficient (Wildman–Crippen LogP) is 0.267. The fourth-order valence-electron chi connectivity index (χ4n) is 3.83. The van der Waals surface area contributed by atoms with E-state index in [0.29, 0.717) is 19.5 Å². The van der Waals surface area contributed by atoms with Gasteiger partial charge >= 0.3 is 24.3 Å². The average molecular weight is 569 g/mol. The van der Waals surface area contributed by atoms with Crippen molar-refractivity contribution in [2.75, 3.05) is 26.4 Å². The van der Waals surface area contributed by atoms with E-state index in [-0.39, 0.29) is 17.9 Å². The number of likely N-dealkylation sites (N-methyl/N-ethyl adjacent to an activating group) is 1. The van der Waals surface area contributed by atoms with Gasteiger partial charge in [0.25, 0.3) is 0 Å². The first-order valence-electron chi connectivity index (χ1n) is 10.2. The fourth-order valence-corrected chi connectivity index (χ4v) is 5.20. The van der Waals surface area contributed by atoms with Crippen LogP contribution >= 0.6 is 0 Å². The number of nitrogens with one attached hydrogen (secondary N) is 1. The van der Waals surface area contributed by atoms with Gasteiger partial charge in [-0.1, -0.05) is 0 Å². The molecule has 1 aromatic heterocycles. The van der Waals surface area contributed by atoms with Crippen molar-refractivity contribution in [3.63, 3.8) is 0 Å². The normalized spacial score (nSPS) is 22.2. The molecule has 0 radical (unpaired) electrons. The zero-order chi connectivity index (χ0) is 28.9. The highest BCUT2D eigenvalue weighted by molar-refractivity contribution is 7.88. The molecule has 12 nitrogen and oxygen atoms in total. The Bertz CT molecular complexity index is 1050. The van der Waals surface area contributed by atoms with Crippen molar-refractivity contribution in [1.82, 2.24) is 24.1 Å². The Hall–Kier alpha value is -2.93. The second-order valence-corrected chi connectivity index (χ2v) is 9.93. The van der Waals surface area contributed by atoms with E-state index in [1.165, 1.54) is 10.6 Å². The van der Waals surface area contributed by atoms with E-state index in [1.54, 1.807) is 13.2 Å². The Morgan fingerprint density at radius 2 is 1.57 bits per heavy atom. The van der Waals surface area contributed by atoms with E-state index in [2.05, 4.69) is 15.2 Å². The second-order valence-electron chi connectivity index (χ2n) is 8.04. The Morgan fingerprint density at radius 3 is 1.92 bits per heavy atom. The van der Waals surface area contributed by atoms with Crippen LogP contribution in [0, 0.1) is 5.92 Å². The van der Waals surface area contributed by atoms with Crippen LogP contribution in [0.5, 0.6) is 0 Å². The molecule has 0 spiro atoms. The molecule has 0 saturated carbocycles. The lowest BCUT2D eigenvalue weighted by Crippen LogP contribution is -2.49. The highest BCUT2D eigenvalue weighted by atomic mass is 32.2. The number of carbonyl (C=O) groups is 3. The third-order valence-electron chi connectivity index (χ3n) is 5.35. The molecule has 3 atom stereocenters.